The Morgan fingerprint density at radius 2 is 2.20 bits per heavy atom. The summed E-state index contributed by atoms with van der Waals surface area (Å²) in [4.78, 5) is 23.9. The topological polar surface area (TPSA) is 101 Å². The van der Waals surface area contributed by atoms with E-state index >= 15 is 0 Å². The van der Waals surface area contributed by atoms with E-state index in [0.717, 1.165) is 6.21 Å². The highest BCUT2D eigenvalue weighted by atomic mass is 79.9. The van der Waals surface area contributed by atoms with Crippen LogP contribution < -0.4 is 0 Å². The molecule has 186 valence electrons. The molecule has 0 amide bonds. The van der Waals surface area contributed by atoms with E-state index < -0.39 is 39.5 Å². The number of rotatable bonds is 7. The molecule has 35 heavy (non-hydrogen) atoms. The molecule has 3 heterocycles. The number of benzene rings is 1. The molecule has 0 spiro atoms. The largest absolute Gasteiger partial charge is 0.463 e. The Bertz CT molecular complexity index is 1330. The number of hydrogen-bond donors (Lipinski definition) is 0. The molecule has 0 saturated carbocycles. The average molecular weight is 591 g/mol. The molecule has 2 atom stereocenters. The number of aliphatic imine (C=N–C) groups is 1. The lowest BCUT2D eigenvalue weighted by molar-refractivity contribution is -0.139. The van der Waals surface area contributed by atoms with Gasteiger partial charge in [0, 0.05) is 40.4 Å². The summed E-state index contributed by atoms with van der Waals surface area (Å²) in [5, 5.41) is 2.28. The number of sulfonamides is 1. The zero-order valence-corrected chi connectivity index (χ0v) is 21.3. The molecule has 2 aliphatic rings. The number of ether oxygens (including phenoxy) is 1. The fourth-order valence-corrected chi connectivity index (χ4v) is 5.50. The number of halogens is 4. The highest BCUT2D eigenvalue weighted by Gasteiger charge is 2.42. The van der Waals surface area contributed by atoms with Crippen LogP contribution >= 0.6 is 27.3 Å². The fraction of sp³-hybridized carbons (Fsp3) is 0.333. The maximum absolute atomic E-state index is 13.8. The smallest absolute Gasteiger partial charge is 0.357 e. The zero-order chi connectivity index (χ0) is 25.3. The first kappa shape index (κ1) is 25.5. The van der Waals surface area contributed by atoms with E-state index in [4.69, 9.17) is 9.73 Å². The summed E-state index contributed by atoms with van der Waals surface area (Å²) in [5.74, 6) is -4.96. The molecule has 0 radical (unpaired) electrons. The van der Waals surface area contributed by atoms with Crippen LogP contribution in [0.3, 0.4) is 0 Å². The Labute approximate surface area is 211 Å². The van der Waals surface area contributed by atoms with E-state index in [9.17, 15) is 26.4 Å². The molecule has 1 saturated heterocycles. The van der Waals surface area contributed by atoms with Gasteiger partial charge in [-0.3, -0.25) is 4.99 Å². The Kier molecular flexibility index (Phi) is 7.43. The second-order valence-corrected chi connectivity index (χ2v) is 10.9. The van der Waals surface area contributed by atoms with Gasteiger partial charge in [-0.25, -0.2) is 14.2 Å². The Morgan fingerprint density at radius 1 is 1.43 bits per heavy atom. The highest BCUT2D eigenvalue weighted by molar-refractivity contribution is 9.10. The second-order valence-electron chi connectivity index (χ2n) is 7.54. The average Bonchev–Trinajstić information content (AvgIpc) is 3.47. The monoisotopic (exact) mass is 590 g/mol. The minimum absolute atomic E-state index is 0.0908. The maximum atomic E-state index is 13.8. The number of alkyl halides is 2. The van der Waals surface area contributed by atoms with E-state index in [-0.39, 0.29) is 25.1 Å². The first-order valence-corrected chi connectivity index (χ1v) is 13.5. The molecule has 0 bridgehead atoms. The molecular weight excluding hydrogens is 573 g/mol. The third-order valence-electron chi connectivity index (χ3n) is 5.31. The molecule has 4 rings (SSSR count). The van der Waals surface area contributed by atoms with Gasteiger partial charge in [-0.2, -0.15) is 21.6 Å². The summed E-state index contributed by atoms with van der Waals surface area (Å²) in [6.07, 6.45) is 2.66. The fourth-order valence-electron chi connectivity index (χ4n) is 3.86. The number of hydrogen-bond acceptors (Lipinski definition) is 8. The summed E-state index contributed by atoms with van der Waals surface area (Å²) in [6.45, 7) is 1.87. The predicted molar refractivity (Wildman–Crippen MR) is 127 cm³/mol. The van der Waals surface area contributed by atoms with Crippen LogP contribution in [0.15, 0.2) is 54.9 Å². The van der Waals surface area contributed by atoms with Crippen LogP contribution in [0, 0.1) is 11.7 Å². The Balaban J connectivity index is 1.85. The normalized spacial score (nSPS) is 20.5. The number of carbonyl (C=O) groups excluding carboxylic acids is 1. The Morgan fingerprint density at radius 3 is 2.83 bits per heavy atom. The third-order valence-corrected chi connectivity index (χ3v) is 7.63. The van der Waals surface area contributed by atoms with Crippen LogP contribution in [0.5, 0.6) is 0 Å². The van der Waals surface area contributed by atoms with E-state index in [1.54, 1.807) is 23.4 Å². The van der Waals surface area contributed by atoms with Gasteiger partial charge in [0.15, 0.2) is 10.8 Å². The van der Waals surface area contributed by atoms with Crippen molar-refractivity contribution in [2.45, 2.75) is 25.1 Å². The van der Waals surface area contributed by atoms with Gasteiger partial charge >= 0.3 is 21.8 Å². The molecule has 1 aromatic carbocycles. The molecule has 2 aliphatic heterocycles. The van der Waals surface area contributed by atoms with E-state index in [1.165, 1.54) is 29.5 Å². The van der Waals surface area contributed by atoms with Crippen molar-refractivity contribution in [1.82, 2.24) is 9.88 Å². The number of nitrogens with zero attached hydrogens (tertiary/aromatic N) is 4. The number of fused-ring (bicyclic) bond motifs is 1. The van der Waals surface area contributed by atoms with Gasteiger partial charge in [-0.15, -0.1) is 11.3 Å². The number of aromatic nitrogens is 1. The molecule has 1 aromatic heterocycles. The third kappa shape index (κ3) is 5.19. The van der Waals surface area contributed by atoms with Crippen LogP contribution in [0.2, 0.25) is 0 Å². The molecule has 0 aliphatic carbocycles. The van der Waals surface area contributed by atoms with Crippen LogP contribution in [0.25, 0.3) is 0 Å². The first-order chi connectivity index (χ1) is 16.6. The molecule has 1 fully saturated rings. The summed E-state index contributed by atoms with van der Waals surface area (Å²) >= 11 is 4.64. The number of esters is 1. The molecule has 2 aromatic rings. The van der Waals surface area contributed by atoms with Gasteiger partial charge in [0.2, 0.25) is 0 Å². The molecule has 14 heteroatoms. The molecule has 1 unspecified atom stereocenters. The minimum Gasteiger partial charge on any atom is -0.463 e. The number of carbonyl (C=O) groups is 1. The van der Waals surface area contributed by atoms with Crippen molar-refractivity contribution in [3.63, 3.8) is 0 Å². The minimum atomic E-state index is -4.95. The molecule has 8 nitrogen and oxygen atoms in total. The van der Waals surface area contributed by atoms with Gasteiger partial charge in [0.05, 0.1) is 12.2 Å². The van der Waals surface area contributed by atoms with Crippen LogP contribution in [-0.2, 0) is 19.6 Å². The van der Waals surface area contributed by atoms with Crippen LogP contribution in [-0.4, -0.2) is 55.2 Å². The highest BCUT2D eigenvalue weighted by Crippen LogP contribution is 2.43. The first-order valence-electron chi connectivity index (χ1n) is 10.3. The van der Waals surface area contributed by atoms with Crippen LogP contribution in [0.1, 0.15) is 30.0 Å². The van der Waals surface area contributed by atoms with Crippen molar-refractivity contribution in [3.8, 4) is 0 Å². The lowest BCUT2D eigenvalue weighted by Gasteiger charge is -2.31. The zero-order valence-electron chi connectivity index (χ0n) is 18.1. The van der Waals surface area contributed by atoms with Crippen molar-refractivity contribution < 1.29 is 31.1 Å². The maximum Gasteiger partial charge on any atom is 0.357 e. The summed E-state index contributed by atoms with van der Waals surface area (Å²) in [5.41, 5.74) is 1.18. The summed E-state index contributed by atoms with van der Waals surface area (Å²) in [6, 6.07) is 3.13. The van der Waals surface area contributed by atoms with Gasteiger partial charge < -0.3 is 9.64 Å². The van der Waals surface area contributed by atoms with E-state index in [2.05, 4.69) is 25.3 Å². The van der Waals surface area contributed by atoms with Gasteiger partial charge in [0.25, 0.3) is 0 Å². The second kappa shape index (κ2) is 10.2. The molecule has 0 N–H and O–H groups in total. The number of allylic oxidation sites excluding steroid dienone is 1. The quantitative estimate of drug-likeness (QED) is 0.352. The summed E-state index contributed by atoms with van der Waals surface area (Å²) in [7, 11) is -4.95. The lowest BCUT2D eigenvalue weighted by Crippen LogP contribution is -2.35. The predicted octanol–water partition coefficient (Wildman–Crippen LogP) is 4.31. The summed E-state index contributed by atoms with van der Waals surface area (Å²) < 4.78 is 71.1. The van der Waals surface area contributed by atoms with Crippen LogP contribution in [0.4, 0.5) is 13.2 Å². The standard InChI is InChI=1S/C21H18BrF3N4O4S2/c1-2-33-20(30)16-15-7-11(9-27-35(31,32)21(24)25)10-29(15)18(19-26-5-6-34-19)28-17(16)13-4-3-12(23)8-14(13)22/h3-6,8-9,11,17,21H,2,7,10H2,1H3/t11?,17-/m0/s1. The number of amidine groups is 1. The number of thiazole rings is 1. The van der Waals surface area contributed by atoms with E-state index in [1.807, 2.05) is 0 Å². The van der Waals surface area contributed by atoms with Crippen molar-refractivity contribution in [3.05, 3.63) is 61.9 Å². The van der Waals surface area contributed by atoms with Crippen molar-refractivity contribution in [2.75, 3.05) is 13.2 Å². The van der Waals surface area contributed by atoms with E-state index in [0.29, 0.717) is 26.6 Å². The Hall–Kier alpha value is -2.58. The van der Waals surface area contributed by atoms with Crippen molar-refractivity contribution in [1.29, 1.82) is 0 Å². The lowest BCUT2D eigenvalue weighted by atomic mass is 9.94. The van der Waals surface area contributed by atoms with Gasteiger partial charge in [0.1, 0.15) is 11.9 Å². The van der Waals surface area contributed by atoms with Crippen molar-refractivity contribution >= 4 is 55.3 Å². The van der Waals surface area contributed by atoms with Crippen molar-refractivity contribution in [2.24, 2.45) is 15.3 Å². The van der Waals surface area contributed by atoms with Gasteiger partial charge in [-0.1, -0.05) is 22.0 Å². The van der Waals surface area contributed by atoms with Gasteiger partial charge in [-0.05, 0) is 31.0 Å². The SMILES string of the molecule is CCOC(=O)C1=C2CC(C=NS(=O)(=O)C(F)F)CN2C(c2nccs2)=N[C@H]1c1ccc(F)cc1Br. The molecular formula is C21H18BrF3N4O4S2.